The Balaban J connectivity index is 0. The molecule has 6 heteroatoms. The zero-order valence-corrected chi connectivity index (χ0v) is 14.3. The van der Waals surface area contributed by atoms with Crippen LogP contribution in [0.5, 0.6) is 11.5 Å². The lowest BCUT2D eigenvalue weighted by atomic mass is 10.2. The minimum atomic E-state index is 0. The molecule has 0 aliphatic carbocycles. The molecule has 0 spiro atoms. The van der Waals surface area contributed by atoms with Crippen molar-refractivity contribution in [2.75, 3.05) is 40.9 Å². The maximum absolute atomic E-state index is 5.49. The highest BCUT2D eigenvalue weighted by atomic mass is 35.5. The molecule has 0 fully saturated rings. The van der Waals surface area contributed by atoms with Crippen LogP contribution in [-0.4, -0.2) is 45.8 Å². The van der Waals surface area contributed by atoms with E-state index >= 15 is 0 Å². The second kappa shape index (κ2) is 12.1. The molecule has 0 heterocycles. The lowest BCUT2D eigenvalue weighted by Crippen LogP contribution is -2.26. The molecule has 0 aliphatic heterocycles. The Labute approximate surface area is 134 Å². The first-order valence-corrected chi connectivity index (χ1v) is 6.32. The summed E-state index contributed by atoms with van der Waals surface area (Å²) in [5.74, 6) is 1.60. The van der Waals surface area contributed by atoms with Crippen molar-refractivity contribution in [1.29, 1.82) is 0 Å². The summed E-state index contributed by atoms with van der Waals surface area (Å²) >= 11 is 0. The number of likely N-dealkylation sites (N-methyl/N-ethyl adjacent to an activating group) is 1. The average molecular weight is 325 g/mol. The number of rotatable bonds is 8. The molecule has 1 aromatic rings. The van der Waals surface area contributed by atoms with Crippen LogP contribution in [-0.2, 0) is 6.54 Å². The van der Waals surface area contributed by atoms with Crippen molar-refractivity contribution in [1.82, 2.24) is 10.2 Å². The Morgan fingerprint density at radius 3 is 2.40 bits per heavy atom. The van der Waals surface area contributed by atoms with Gasteiger partial charge >= 0.3 is 0 Å². The summed E-state index contributed by atoms with van der Waals surface area (Å²) in [7, 11) is 5.81. The lowest BCUT2D eigenvalue weighted by molar-refractivity contribution is 0.310. The van der Waals surface area contributed by atoms with Crippen LogP contribution in [0.15, 0.2) is 18.2 Å². The highest BCUT2D eigenvalue weighted by Gasteiger charge is 2.04. The van der Waals surface area contributed by atoms with Gasteiger partial charge in [0.05, 0.1) is 13.7 Å². The van der Waals surface area contributed by atoms with Crippen molar-refractivity contribution in [2.45, 2.75) is 13.5 Å². The van der Waals surface area contributed by atoms with Gasteiger partial charge in [0.2, 0.25) is 0 Å². The molecule has 1 N–H and O–H groups in total. The molecule has 20 heavy (non-hydrogen) atoms. The van der Waals surface area contributed by atoms with Gasteiger partial charge in [-0.1, -0.05) is 6.07 Å². The molecule has 0 amide bonds. The first-order valence-electron chi connectivity index (χ1n) is 6.32. The van der Waals surface area contributed by atoms with Gasteiger partial charge in [0, 0.05) is 19.6 Å². The number of methoxy groups -OCH3 is 1. The molecule has 1 rings (SSSR count). The molecule has 118 valence electrons. The average Bonchev–Trinajstić information content (AvgIpc) is 2.36. The molecule has 0 radical (unpaired) electrons. The van der Waals surface area contributed by atoms with Gasteiger partial charge in [-0.25, -0.2) is 0 Å². The summed E-state index contributed by atoms with van der Waals surface area (Å²) < 4.78 is 10.8. The normalized spacial score (nSPS) is 9.65. The number of ether oxygens (including phenoxy) is 2. The fourth-order valence-corrected chi connectivity index (χ4v) is 1.63. The highest BCUT2D eigenvalue weighted by Crippen LogP contribution is 2.27. The molecule has 0 saturated carbocycles. The Morgan fingerprint density at radius 1 is 1.15 bits per heavy atom. The summed E-state index contributed by atoms with van der Waals surface area (Å²) in [5.41, 5.74) is 1.20. The number of nitrogens with one attached hydrogen (secondary N) is 1. The number of benzene rings is 1. The Kier molecular flexibility index (Phi) is 13.1. The Hall–Kier alpha value is -0.680. The Morgan fingerprint density at radius 2 is 1.85 bits per heavy atom. The fourth-order valence-electron chi connectivity index (χ4n) is 1.63. The van der Waals surface area contributed by atoms with Crippen molar-refractivity contribution in [2.24, 2.45) is 0 Å². The molecule has 0 saturated heterocycles. The molecule has 0 unspecified atom stereocenters. The van der Waals surface area contributed by atoms with E-state index in [-0.39, 0.29) is 24.8 Å². The van der Waals surface area contributed by atoms with Gasteiger partial charge in [-0.05, 0) is 38.7 Å². The van der Waals surface area contributed by atoms with E-state index < -0.39 is 0 Å². The minimum Gasteiger partial charge on any atom is -0.493 e. The van der Waals surface area contributed by atoms with E-state index in [4.69, 9.17) is 9.47 Å². The molecular weight excluding hydrogens is 299 g/mol. The van der Waals surface area contributed by atoms with Crippen molar-refractivity contribution >= 4 is 24.8 Å². The van der Waals surface area contributed by atoms with Gasteiger partial charge in [-0.15, -0.1) is 24.8 Å². The molecule has 0 aliphatic rings. The van der Waals surface area contributed by atoms with Crippen molar-refractivity contribution in [3.63, 3.8) is 0 Å². The molecule has 0 aromatic heterocycles. The zero-order valence-electron chi connectivity index (χ0n) is 12.6. The third-order valence-corrected chi connectivity index (χ3v) is 2.59. The van der Waals surface area contributed by atoms with E-state index in [1.165, 1.54) is 5.56 Å². The summed E-state index contributed by atoms with van der Waals surface area (Å²) in [6, 6.07) is 6.05. The molecular formula is C14H26Cl2N2O2. The predicted octanol–water partition coefficient (Wildman–Crippen LogP) is 2.59. The van der Waals surface area contributed by atoms with Crippen LogP contribution in [0.3, 0.4) is 0 Å². The quantitative estimate of drug-likeness (QED) is 0.745. The maximum atomic E-state index is 5.49. The number of halogens is 2. The summed E-state index contributed by atoms with van der Waals surface area (Å²) in [6.45, 7) is 5.47. The van der Waals surface area contributed by atoms with E-state index in [1.807, 2.05) is 19.1 Å². The fraction of sp³-hybridized carbons (Fsp3) is 0.571. The van der Waals surface area contributed by atoms with Gasteiger partial charge in [0.1, 0.15) is 0 Å². The van der Waals surface area contributed by atoms with E-state index in [1.54, 1.807) is 7.11 Å². The topological polar surface area (TPSA) is 33.7 Å². The second-order valence-corrected chi connectivity index (χ2v) is 4.40. The van der Waals surface area contributed by atoms with Crippen LogP contribution in [0, 0.1) is 0 Å². The van der Waals surface area contributed by atoms with Crippen LogP contribution in [0.1, 0.15) is 12.5 Å². The SMILES string of the molecule is CCOc1ccc(CNCCN(C)C)cc1OC.Cl.Cl. The summed E-state index contributed by atoms with van der Waals surface area (Å²) in [4.78, 5) is 2.16. The molecule has 1 aromatic carbocycles. The zero-order chi connectivity index (χ0) is 13.4. The smallest absolute Gasteiger partial charge is 0.161 e. The minimum absolute atomic E-state index is 0. The standard InChI is InChI=1S/C14H24N2O2.2ClH/c1-5-18-13-7-6-12(10-14(13)17-4)11-15-8-9-16(2)3;;/h6-7,10,15H,5,8-9,11H2,1-4H3;2*1H. The third kappa shape index (κ3) is 7.80. The van der Waals surface area contributed by atoms with E-state index in [9.17, 15) is 0 Å². The molecule has 0 atom stereocenters. The van der Waals surface area contributed by atoms with Gasteiger partial charge < -0.3 is 19.7 Å². The van der Waals surface area contributed by atoms with Crippen LogP contribution in [0.2, 0.25) is 0 Å². The largest absolute Gasteiger partial charge is 0.493 e. The predicted molar refractivity (Wildman–Crippen MR) is 88.9 cm³/mol. The van der Waals surface area contributed by atoms with Gasteiger partial charge in [-0.2, -0.15) is 0 Å². The van der Waals surface area contributed by atoms with Gasteiger partial charge in [-0.3, -0.25) is 0 Å². The summed E-state index contributed by atoms with van der Waals surface area (Å²) in [5, 5.41) is 3.40. The van der Waals surface area contributed by atoms with Gasteiger partial charge in [0.25, 0.3) is 0 Å². The van der Waals surface area contributed by atoms with Gasteiger partial charge in [0.15, 0.2) is 11.5 Å². The summed E-state index contributed by atoms with van der Waals surface area (Å²) in [6.07, 6.45) is 0. The number of hydrogen-bond donors (Lipinski definition) is 1. The Bertz CT molecular complexity index is 363. The highest BCUT2D eigenvalue weighted by molar-refractivity contribution is 5.85. The monoisotopic (exact) mass is 324 g/mol. The van der Waals surface area contributed by atoms with E-state index in [0.717, 1.165) is 31.1 Å². The lowest BCUT2D eigenvalue weighted by Gasteiger charge is -2.13. The van der Waals surface area contributed by atoms with Crippen LogP contribution < -0.4 is 14.8 Å². The van der Waals surface area contributed by atoms with Crippen molar-refractivity contribution < 1.29 is 9.47 Å². The number of hydrogen-bond acceptors (Lipinski definition) is 4. The van der Waals surface area contributed by atoms with Crippen molar-refractivity contribution in [3.05, 3.63) is 23.8 Å². The third-order valence-electron chi connectivity index (χ3n) is 2.59. The van der Waals surface area contributed by atoms with Crippen LogP contribution >= 0.6 is 24.8 Å². The molecule has 0 bridgehead atoms. The van der Waals surface area contributed by atoms with Crippen molar-refractivity contribution in [3.8, 4) is 11.5 Å². The number of nitrogens with zero attached hydrogens (tertiary/aromatic N) is 1. The second-order valence-electron chi connectivity index (χ2n) is 4.40. The van der Waals surface area contributed by atoms with E-state index in [0.29, 0.717) is 6.61 Å². The maximum Gasteiger partial charge on any atom is 0.161 e. The van der Waals surface area contributed by atoms with E-state index in [2.05, 4.69) is 30.4 Å². The molecule has 4 nitrogen and oxygen atoms in total. The first kappa shape index (κ1) is 21.6. The van der Waals surface area contributed by atoms with Crippen LogP contribution in [0.25, 0.3) is 0 Å². The first-order chi connectivity index (χ1) is 8.67. The van der Waals surface area contributed by atoms with Crippen LogP contribution in [0.4, 0.5) is 0 Å².